The minimum absolute atomic E-state index is 0.0391. The molecule has 0 bridgehead atoms. The SMILES string of the molecule is CC(=O)Oc1cc(C)c(C[C@H](N)C(=O)N[C@@H](C(=O)NCC(=O)N[C@@H](Cc2ccccc2)C(=O)N[C@@H](C(=O)O)C(C)(C)S)C(C)(C)S)c(C)c1. The summed E-state index contributed by atoms with van der Waals surface area (Å²) in [5, 5.41) is 19.8. The number of carbonyl (C=O) groups excluding carboxylic acids is 5. The molecule has 0 saturated heterocycles. The largest absolute Gasteiger partial charge is 0.480 e. The third kappa shape index (κ3) is 13.0. The van der Waals surface area contributed by atoms with Crippen LogP contribution in [0.5, 0.6) is 5.75 Å². The predicted molar refractivity (Wildman–Crippen MR) is 192 cm³/mol. The van der Waals surface area contributed by atoms with Crippen molar-refractivity contribution in [2.75, 3.05) is 6.54 Å². The van der Waals surface area contributed by atoms with Gasteiger partial charge in [-0.05, 0) is 82.3 Å². The Morgan fingerprint density at radius 1 is 0.816 bits per heavy atom. The van der Waals surface area contributed by atoms with Gasteiger partial charge < -0.3 is 36.8 Å². The van der Waals surface area contributed by atoms with Crippen LogP contribution in [0.2, 0.25) is 0 Å². The number of carbonyl (C=O) groups is 6. The lowest BCUT2D eigenvalue weighted by Crippen LogP contribution is -2.60. The molecule has 0 aromatic heterocycles. The van der Waals surface area contributed by atoms with Gasteiger partial charge in [-0.3, -0.25) is 24.0 Å². The average Bonchev–Trinajstić information content (AvgIpc) is 2.97. The van der Waals surface area contributed by atoms with Crippen LogP contribution >= 0.6 is 25.3 Å². The molecule has 0 aliphatic rings. The predicted octanol–water partition coefficient (Wildman–Crippen LogP) is 1.41. The van der Waals surface area contributed by atoms with Crippen molar-refractivity contribution in [3.05, 3.63) is 64.7 Å². The molecule has 0 heterocycles. The summed E-state index contributed by atoms with van der Waals surface area (Å²) in [6, 6.07) is 7.32. The highest BCUT2D eigenvalue weighted by atomic mass is 32.1. The van der Waals surface area contributed by atoms with Crippen LogP contribution in [-0.2, 0) is 41.6 Å². The topological polar surface area (TPSA) is 206 Å². The summed E-state index contributed by atoms with van der Waals surface area (Å²) in [4.78, 5) is 75.9. The fourth-order valence-electron chi connectivity index (χ4n) is 4.98. The Labute approximate surface area is 297 Å². The maximum Gasteiger partial charge on any atom is 0.327 e. The molecule has 4 atom stereocenters. The summed E-state index contributed by atoms with van der Waals surface area (Å²) in [7, 11) is 0. The zero-order valence-corrected chi connectivity index (χ0v) is 30.5. The molecule has 49 heavy (non-hydrogen) atoms. The molecule has 268 valence electrons. The number of nitrogens with one attached hydrogen (secondary N) is 4. The van der Waals surface area contributed by atoms with Gasteiger partial charge in [0.2, 0.25) is 23.6 Å². The first-order valence-corrected chi connectivity index (χ1v) is 16.4. The second-order valence-corrected chi connectivity index (χ2v) is 15.3. The summed E-state index contributed by atoms with van der Waals surface area (Å²) in [5.74, 6) is -4.22. The van der Waals surface area contributed by atoms with Crippen LogP contribution in [-0.4, -0.2) is 80.9 Å². The van der Waals surface area contributed by atoms with Crippen molar-refractivity contribution in [3.8, 4) is 5.75 Å². The molecule has 7 N–H and O–H groups in total. The highest BCUT2D eigenvalue weighted by Crippen LogP contribution is 2.24. The van der Waals surface area contributed by atoms with Crippen molar-refractivity contribution in [3.63, 3.8) is 0 Å². The van der Waals surface area contributed by atoms with Gasteiger partial charge in [-0.25, -0.2) is 4.79 Å². The number of aliphatic carboxylic acids is 1. The molecule has 2 rings (SSSR count). The lowest BCUT2D eigenvalue weighted by molar-refractivity contribution is -0.143. The Morgan fingerprint density at radius 3 is 1.84 bits per heavy atom. The van der Waals surface area contributed by atoms with E-state index in [4.69, 9.17) is 10.5 Å². The first-order chi connectivity index (χ1) is 22.6. The fraction of sp³-hybridized carbons (Fsp3) is 0.471. The third-order valence-corrected chi connectivity index (χ3v) is 8.06. The van der Waals surface area contributed by atoms with Crippen molar-refractivity contribution < 1.29 is 38.6 Å². The van der Waals surface area contributed by atoms with E-state index in [1.807, 2.05) is 0 Å². The molecule has 0 spiro atoms. The van der Waals surface area contributed by atoms with Crippen LogP contribution in [0.15, 0.2) is 42.5 Å². The molecule has 2 aromatic rings. The second kappa shape index (κ2) is 17.5. The van der Waals surface area contributed by atoms with Crippen molar-refractivity contribution >= 4 is 60.8 Å². The van der Waals surface area contributed by atoms with E-state index in [1.54, 1.807) is 70.2 Å². The van der Waals surface area contributed by atoms with Gasteiger partial charge in [0.05, 0.1) is 12.6 Å². The number of ether oxygens (including phenoxy) is 1. The molecular weight excluding hydrogens is 671 g/mol. The van der Waals surface area contributed by atoms with E-state index in [2.05, 4.69) is 46.5 Å². The zero-order chi connectivity index (χ0) is 37.3. The first-order valence-electron chi connectivity index (χ1n) is 15.5. The van der Waals surface area contributed by atoms with Crippen LogP contribution in [0.4, 0.5) is 0 Å². The number of amides is 4. The first kappa shape index (κ1) is 41.1. The monoisotopic (exact) mass is 717 g/mol. The van der Waals surface area contributed by atoms with Gasteiger partial charge in [0.1, 0.15) is 23.9 Å². The van der Waals surface area contributed by atoms with Crippen LogP contribution in [0.3, 0.4) is 0 Å². The van der Waals surface area contributed by atoms with Gasteiger partial charge in [0.25, 0.3) is 0 Å². The Hall–Kier alpha value is -4.08. The number of esters is 1. The van der Waals surface area contributed by atoms with E-state index >= 15 is 0 Å². The van der Waals surface area contributed by atoms with Crippen LogP contribution in [0, 0.1) is 13.8 Å². The molecular formula is C34H47N5O8S2. The van der Waals surface area contributed by atoms with Crippen LogP contribution < -0.4 is 31.7 Å². The van der Waals surface area contributed by atoms with Gasteiger partial charge in [0, 0.05) is 22.8 Å². The van der Waals surface area contributed by atoms with Crippen molar-refractivity contribution in [2.24, 2.45) is 5.73 Å². The second-order valence-electron chi connectivity index (χ2n) is 13.0. The molecule has 15 heteroatoms. The molecule has 0 unspecified atom stereocenters. The Bertz CT molecular complexity index is 1520. The minimum Gasteiger partial charge on any atom is -0.480 e. The van der Waals surface area contributed by atoms with Crippen molar-refractivity contribution in [1.82, 2.24) is 21.3 Å². The molecule has 0 aliphatic carbocycles. The number of nitrogens with two attached hydrogens (primary N) is 1. The zero-order valence-electron chi connectivity index (χ0n) is 28.7. The van der Waals surface area contributed by atoms with Crippen molar-refractivity contribution in [1.29, 1.82) is 0 Å². The van der Waals surface area contributed by atoms with E-state index in [-0.39, 0.29) is 12.8 Å². The molecule has 0 radical (unpaired) electrons. The normalized spacial score (nSPS) is 14.0. The number of carboxylic acids is 1. The highest BCUT2D eigenvalue weighted by molar-refractivity contribution is 7.82. The summed E-state index contributed by atoms with van der Waals surface area (Å²) in [6.07, 6.45) is 0.170. The van der Waals surface area contributed by atoms with Gasteiger partial charge in [-0.2, -0.15) is 25.3 Å². The highest BCUT2D eigenvalue weighted by Gasteiger charge is 2.37. The molecule has 0 aliphatic heterocycles. The standard InChI is InChI=1S/C34H47N5O8S2/c1-18-13-22(47-20(3)40)14-19(2)23(18)16-24(35)29(42)38-27(33(4,5)48)31(44)36-17-26(41)37-25(15-21-11-9-8-10-12-21)30(43)39-28(32(45)46)34(6,7)49/h8-14,24-25,27-28,48-49H,15-17,35H2,1-7H3,(H,36,44)(H,37,41)(H,38,42)(H,39,43)(H,45,46)/t24-,25-,27-,28-/m0/s1. The number of carboxylic acid groups (broad SMARTS) is 1. The number of rotatable bonds is 16. The van der Waals surface area contributed by atoms with Crippen LogP contribution in [0.25, 0.3) is 0 Å². The molecule has 0 saturated carbocycles. The van der Waals surface area contributed by atoms with Gasteiger partial charge >= 0.3 is 11.9 Å². The van der Waals surface area contributed by atoms with Crippen molar-refractivity contribution in [2.45, 2.75) is 95.0 Å². The Kier molecular flexibility index (Phi) is 14.7. The number of thiol groups is 2. The number of hydrogen-bond donors (Lipinski definition) is 8. The third-order valence-electron chi connectivity index (χ3n) is 7.54. The summed E-state index contributed by atoms with van der Waals surface area (Å²) < 4.78 is 2.95. The quantitative estimate of drug-likeness (QED) is 0.0717. The van der Waals surface area contributed by atoms with E-state index in [9.17, 15) is 33.9 Å². The fourth-order valence-corrected chi connectivity index (χ4v) is 5.34. The Morgan fingerprint density at radius 2 is 1.35 bits per heavy atom. The summed E-state index contributed by atoms with van der Waals surface area (Å²) in [5.41, 5.74) is 9.26. The molecule has 13 nitrogen and oxygen atoms in total. The number of benzene rings is 2. The summed E-state index contributed by atoms with van der Waals surface area (Å²) >= 11 is 8.78. The molecule has 4 amide bonds. The van der Waals surface area contributed by atoms with Gasteiger partial charge in [0.15, 0.2) is 0 Å². The lowest BCUT2D eigenvalue weighted by Gasteiger charge is -2.31. The number of aryl methyl sites for hydroxylation is 2. The Balaban J connectivity index is 2.13. The molecule has 2 aromatic carbocycles. The van der Waals surface area contributed by atoms with E-state index in [1.165, 1.54) is 20.8 Å². The summed E-state index contributed by atoms with van der Waals surface area (Å²) in [6.45, 7) is 10.6. The van der Waals surface area contributed by atoms with E-state index in [0.29, 0.717) is 11.3 Å². The minimum atomic E-state index is -1.36. The molecule has 0 fully saturated rings. The smallest absolute Gasteiger partial charge is 0.327 e. The van der Waals surface area contributed by atoms with E-state index in [0.717, 1.165) is 16.7 Å². The van der Waals surface area contributed by atoms with Gasteiger partial charge in [-0.1, -0.05) is 30.3 Å². The number of hydrogen-bond acceptors (Lipinski definition) is 10. The maximum atomic E-state index is 13.3. The van der Waals surface area contributed by atoms with Gasteiger partial charge in [-0.15, -0.1) is 0 Å². The van der Waals surface area contributed by atoms with Crippen LogP contribution in [0.1, 0.15) is 56.9 Å². The lowest BCUT2D eigenvalue weighted by atomic mass is 9.95. The average molecular weight is 718 g/mol. The van der Waals surface area contributed by atoms with E-state index < -0.39 is 75.8 Å². The maximum absolute atomic E-state index is 13.3.